The molecule has 0 amide bonds. The number of rotatable bonds is 10. The molecule has 1 aromatic rings. The number of nitrogens with zero attached hydrogens (tertiary/aromatic N) is 1. The maximum absolute atomic E-state index is 12.5. The number of carboxylic acid groups (broad SMARTS) is 1. The molecule has 4 nitrogen and oxygen atoms in total. The monoisotopic (exact) mass is 359 g/mol. The fourth-order valence-electron chi connectivity index (χ4n) is 3.90. The largest absolute Gasteiger partial charge is 0.481 e. The number of carboxylic acids is 1. The molecule has 3 unspecified atom stereocenters. The van der Waals surface area contributed by atoms with Gasteiger partial charge in [0.25, 0.3) is 0 Å². The van der Waals surface area contributed by atoms with Crippen molar-refractivity contribution in [1.82, 2.24) is 4.90 Å². The van der Waals surface area contributed by atoms with E-state index in [0.717, 1.165) is 5.56 Å². The van der Waals surface area contributed by atoms with E-state index in [1.54, 1.807) is 12.2 Å². The highest BCUT2D eigenvalue weighted by atomic mass is 16.4. The fourth-order valence-corrected chi connectivity index (χ4v) is 3.90. The average molecular weight is 360 g/mol. The Bertz CT molecular complexity index is 606. The van der Waals surface area contributed by atoms with Crippen LogP contribution in [0.25, 0.3) is 0 Å². The molecule has 2 N–H and O–H groups in total. The summed E-state index contributed by atoms with van der Waals surface area (Å²) in [6, 6.07) is 9.48. The van der Waals surface area contributed by atoms with E-state index in [1.807, 2.05) is 51.1 Å². The fraction of sp³-hybridized carbons (Fsp3) is 0.500. The molecule has 0 heterocycles. The van der Waals surface area contributed by atoms with Gasteiger partial charge in [-0.05, 0) is 24.3 Å². The van der Waals surface area contributed by atoms with Crippen LogP contribution < -0.4 is 0 Å². The summed E-state index contributed by atoms with van der Waals surface area (Å²) in [5, 5.41) is 19.9. The summed E-state index contributed by atoms with van der Waals surface area (Å²) in [6.45, 7) is 15.9. The normalized spacial score (nSPS) is 16.5. The van der Waals surface area contributed by atoms with Crippen LogP contribution >= 0.6 is 0 Å². The van der Waals surface area contributed by atoms with Crippen molar-refractivity contribution in [3.63, 3.8) is 0 Å². The summed E-state index contributed by atoms with van der Waals surface area (Å²) in [4.78, 5) is 14.6. The molecule has 0 aliphatic rings. The molecule has 0 bridgehead atoms. The number of aliphatic hydroxyl groups excluding tert-OH is 1. The molecule has 0 aromatic heterocycles. The van der Waals surface area contributed by atoms with E-state index in [0.29, 0.717) is 6.54 Å². The lowest BCUT2D eigenvalue weighted by atomic mass is 9.59. The number of hydrogen-bond donors (Lipinski definition) is 2. The third kappa shape index (κ3) is 4.25. The number of hydrogen-bond acceptors (Lipinski definition) is 3. The Kier molecular flexibility index (Phi) is 7.79. The van der Waals surface area contributed by atoms with Crippen LogP contribution in [0.5, 0.6) is 0 Å². The second kappa shape index (κ2) is 9.15. The van der Waals surface area contributed by atoms with Gasteiger partial charge in [-0.25, -0.2) is 0 Å². The van der Waals surface area contributed by atoms with Crippen molar-refractivity contribution in [3.8, 4) is 0 Å². The predicted octanol–water partition coefficient (Wildman–Crippen LogP) is 4.29. The van der Waals surface area contributed by atoms with Gasteiger partial charge in [-0.15, -0.1) is 13.2 Å². The maximum Gasteiger partial charge on any atom is 0.312 e. The second-order valence-corrected chi connectivity index (χ2v) is 7.75. The lowest BCUT2D eigenvalue weighted by Crippen LogP contribution is -2.58. The van der Waals surface area contributed by atoms with Gasteiger partial charge in [-0.1, -0.05) is 63.3 Å². The van der Waals surface area contributed by atoms with Gasteiger partial charge in [0.15, 0.2) is 0 Å². The molecule has 144 valence electrons. The summed E-state index contributed by atoms with van der Waals surface area (Å²) < 4.78 is 0. The summed E-state index contributed by atoms with van der Waals surface area (Å²) in [5.41, 5.74) is -0.676. The van der Waals surface area contributed by atoms with Gasteiger partial charge in [-0.3, -0.25) is 9.69 Å². The quantitative estimate of drug-likeness (QED) is 0.612. The van der Waals surface area contributed by atoms with Crippen molar-refractivity contribution in [2.75, 3.05) is 13.2 Å². The van der Waals surface area contributed by atoms with E-state index >= 15 is 0 Å². The van der Waals surface area contributed by atoms with Crippen LogP contribution in [0.3, 0.4) is 0 Å². The molecule has 1 rings (SSSR count). The van der Waals surface area contributed by atoms with E-state index in [4.69, 9.17) is 0 Å². The predicted molar refractivity (Wildman–Crippen MR) is 107 cm³/mol. The highest BCUT2D eigenvalue weighted by molar-refractivity contribution is 5.77. The Morgan fingerprint density at radius 2 is 1.81 bits per heavy atom. The Morgan fingerprint density at radius 1 is 1.23 bits per heavy atom. The van der Waals surface area contributed by atoms with Crippen LogP contribution in [0, 0.1) is 10.8 Å². The zero-order valence-corrected chi connectivity index (χ0v) is 16.5. The standard InChI is InChI=1S/C22H33NO3/c1-7-15-23(17(3)18-12-10-9-11-13-18)19(8-2)22(14-16-24,20(25)26)21(4,5)6/h7-13,17,19,24H,1-2,14-16H2,3-6H3,(H,25,26). The van der Waals surface area contributed by atoms with Crippen LogP contribution in [0.15, 0.2) is 55.6 Å². The Morgan fingerprint density at radius 3 is 2.19 bits per heavy atom. The van der Waals surface area contributed by atoms with Crippen LogP contribution in [0.1, 0.15) is 45.7 Å². The number of aliphatic hydroxyl groups is 1. The van der Waals surface area contributed by atoms with Gasteiger partial charge in [-0.2, -0.15) is 0 Å². The van der Waals surface area contributed by atoms with E-state index in [2.05, 4.69) is 25.0 Å². The summed E-state index contributed by atoms with van der Waals surface area (Å²) in [5.74, 6) is -0.918. The first-order valence-corrected chi connectivity index (χ1v) is 9.05. The lowest BCUT2D eigenvalue weighted by molar-refractivity contribution is -0.165. The van der Waals surface area contributed by atoms with Gasteiger partial charge in [0, 0.05) is 25.2 Å². The van der Waals surface area contributed by atoms with Gasteiger partial charge in [0.1, 0.15) is 0 Å². The van der Waals surface area contributed by atoms with Crippen molar-refractivity contribution < 1.29 is 15.0 Å². The van der Waals surface area contributed by atoms with Crippen molar-refractivity contribution in [2.45, 2.75) is 46.2 Å². The molecule has 0 spiro atoms. The first kappa shape index (κ1) is 22.1. The van der Waals surface area contributed by atoms with Crippen molar-refractivity contribution in [3.05, 3.63) is 61.2 Å². The van der Waals surface area contributed by atoms with E-state index in [9.17, 15) is 15.0 Å². The van der Waals surface area contributed by atoms with Crippen molar-refractivity contribution in [2.24, 2.45) is 10.8 Å². The molecule has 0 aliphatic carbocycles. The number of aliphatic carboxylic acids is 1. The van der Waals surface area contributed by atoms with Crippen LogP contribution in [-0.2, 0) is 4.79 Å². The minimum atomic E-state index is -1.18. The molecule has 0 radical (unpaired) electrons. The van der Waals surface area contributed by atoms with Gasteiger partial charge in [0.2, 0.25) is 0 Å². The van der Waals surface area contributed by atoms with Gasteiger partial charge >= 0.3 is 5.97 Å². The highest BCUT2D eigenvalue weighted by Gasteiger charge is 2.55. The van der Waals surface area contributed by atoms with E-state index in [-0.39, 0.29) is 19.1 Å². The minimum Gasteiger partial charge on any atom is -0.481 e. The SMILES string of the molecule is C=CCN(C(C)c1ccccc1)C(C=C)C(CCO)(C(=O)O)C(C)(C)C. The van der Waals surface area contributed by atoms with Crippen LogP contribution in [0.2, 0.25) is 0 Å². The minimum absolute atomic E-state index is 0.0306. The molecule has 0 aliphatic heterocycles. The van der Waals surface area contributed by atoms with Gasteiger partial charge < -0.3 is 10.2 Å². The Hall–Kier alpha value is -1.91. The lowest BCUT2D eigenvalue weighted by Gasteiger charge is -2.50. The average Bonchev–Trinajstić information content (AvgIpc) is 2.59. The van der Waals surface area contributed by atoms with E-state index < -0.39 is 22.8 Å². The van der Waals surface area contributed by atoms with Crippen molar-refractivity contribution in [1.29, 1.82) is 0 Å². The first-order valence-electron chi connectivity index (χ1n) is 9.05. The molecule has 3 atom stereocenters. The zero-order valence-electron chi connectivity index (χ0n) is 16.5. The second-order valence-electron chi connectivity index (χ2n) is 7.75. The summed E-state index contributed by atoms with van der Waals surface area (Å²) in [6.07, 6.45) is 3.64. The Balaban J connectivity index is 3.53. The van der Waals surface area contributed by atoms with Gasteiger partial charge in [0.05, 0.1) is 5.41 Å². The molecule has 0 saturated heterocycles. The third-order valence-corrected chi connectivity index (χ3v) is 5.43. The number of carbonyl (C=O) groups is 1. The van der Waals surface area contributed by atoms with Crippen LogP contribution in [-0.4, -0.2) is 40.3 Å². The first-order chi connectivity index (χ1) is 12.2. The molecular weight excluding hydrogens is 326 g/mol. The van der Waals surface area contributed by atoms with E-state index in [1.165, 1.54) is 0 Å². The molecule has 4 heteroatoms. The Labute approximate surface area is 157 Å². The molecular formula is C22H33NO3. The zero-order chi connectivity index (χ0) is 20.0. The van der Waals surface area contributed by atoms with Crippen molar-refractivity contribution >= 4 is 5.97 Å². The molecule has 26 heavy (non-hydrogen) atoms. The maximum atomic E-state index is 12.5. The smallest absolute Gasteiger partial charge is 0.312 e. The third-order valence-electron chi connectivity index (χ3n) is 5.43. The summed E-state index contributed by atoms with van der Waals surface area (Å²) in [7, 11) is 0. The molecule has 0 fully saturated rings. The highest BCUT2D eigenvalue weighted by Crippen LogP contribution is 2.48. The summed E-state index contributed by atoms with van der Waals surface area (Å²) >= 11 is 0. The molecule has 1 aromatic carbocycles. The molecule has 0 saturated carbocycles. The van der Waals surface area contributed by atoms with Crippen LogP contribution in [0.4, 0.5) is 0 Å². The number of benzene rings is 1. The topological polar surface area (TPSA) is 60.8 Å².